The van der Waals surface area contributed by atoms with Gasteiger partial charge >= 0.3 is 5.97 Å². The smallest absolute Gasteiger partial charge is 0.338 e. The zero-order valence-corrected chi connectivity index (χ0v) is 17.9. The van der Waals surface area contributed by atoms with Gasteiger partial charge in [0, 0.05) is 10.9 Å². The molecule has 1 aromatic heterocycles. The molecule has 0 saturated heterocycles. The third kappa shape index (κ3) is 4.77. The summed E-state index contributed by atoms with van der Waals surface area (Å²) in [6.45, 7) is 3.92. The van der Waals surface area contributed by atoms with Crippen molar-refractivity contribution in [2.45, 2.75) is 13.8 Å². The normalized spacial score (nSPS) is 10.8. The molecule has 0 aliphatic carbocycles. The molecule has 0 saturated carbocycles. The summed E-state index contributed by atoms with van der Waals surface area (Å²) in [5.41, 5.74) is 1.13. The van der Waals surface area contributed by atoms with Crippen LogP contribution in [0.4, 0.5) is 15.9 Å². The SMILES string of the molecule is CCOC(=O)c1ccc(N(c2csc(-c3ccc(F)cc3)n2)[SH](=O)=O)c(OCC)c1. The highest BCUT2D eigenvalue weighted by Crippen LogP contribution is 2.37. The highest BCUT2D eigenvalue weighted by Gasteiger charge is 2.22. The maximum Gasteiger partial charge on any atom is 0.338 e. The van der Waals surface area contributed by atoms with E-state index in [-0.39, 0.29) is 41.8 Å². The molecular formula is C20H19FN2O5S2. The predicted molar refractivity (Wildman–Crippen MR) is 114 cm³/mol. The minimum absolute atomic E-state index is 0.167. The minimum atomic E-state index is -3.11. The van der Waals surface area contributed by atoms with Crippen LogP contribution in [0.2, 0.25) is 0 Å². The Morgan fingerprint density at radius 1 is 1.13 bits per heavy atom. The van der Waals surface area contributed by atoms with Crippen LogP contribution in [-0.4, -0.2) is 32.6 Å². The molecule has 0 amide bonds. The number of hydrogen-bond acceptors (Lipinski definition) is 7. The molecule has 0 spiro atoms. The maximum absolute atomic E-state index is 13.2. The Morgan fingerprint density at radius 3 is 2.50 bits per heavy atom. The van der Waals surface area contributed by atoms with Crippen LogP contribution in [-0.2, 0) is 15.6 Å². The number of thiazole rings is 1. The van der Waals surface area contributed by atoms with Crippen LogP contribution < -0.4 is 9.04 Å². The van der Waals surface area contributed by atoms with Gasteiger partial charge in [0.15, 0.2) is 5.82 Å². The Bertz CT molecular complexity index is 1100. The van der Waals surface area contributed by atoms with E-state index in [9.17, 15) is 17.6 Å². The van der Waals surface area contributed by atoms with Crippen molar-refractivity contribution >= 4 is 39.7 Å². The highest BCUT2D eigenvalue weighted by atomic mass is 32.2. The van der Waals surface area contributed by atoms with E-state index in [2.05, 4.69) is 4.98 Å². The number of ether oxygens (including phenoxy) is 2. The van der Waals surface area contributed by atoms with Crippen molar-refractivity contribution in [3.8, 4) is 16.3 Å². The van der Waals surface area contributed by atoms with Gasteiger partial charge in [0.05, 0.1) is 18.8 Å². The zero-order chi connectivity index (χ0) is 21.7. The van der Waals surface area contributed by atoms with E-state index in [4.69, 9.17) is 9.47 Å². The van der Waals surface area contributed by atoms with Gasteiger partial charge < -0.3 is 9.47 Å². The number of carbonyl (C=O) groups excluding carboxylic acids is 1. The lowest BCUT2D eigenvalue weighted by molar-refractivity contribution is 0.0526. The molecule has 2 aromatic carbocycles. The molecule has 0 aliphatic rings. The summed E-state index contributed by atoms with van der Waals surface area (Å²) in [7, 11) is -3.11. The molecule has 158 valence electrons. The fraction of sp³-hybridized carbons (Fsp3) is 0.200. The molecule has 1 heterocycles. The van der Waals surface area contributed by atoms with E-state index < -0.39 is 16.9 Å². The van der Waals surface area contributed by atoms with Crippen molar-refractivity contribution in [3.63, 3.8) is 0 Å². The highest BCUT2D eigenvalue weighted by molar-refractivity contribution is 7.74. The van der Waals surface area contributed by atoms with Crippen LogP contribution in [0.25, 0.3) is 10.6 Å². The molecule has 3 rings (SSSR count). The van der Waals surface area contributed by atoms with Gasteiger partial charge in [-0.2, -0.15) is 0 Å². The minimum Gasteiger partial charge on any atom is -0.492 e. The molecule has 0 atom stereocenters. The van der Waals surface area contributed by atoms with Gasteiger partial charge in [-0.25, -0.2) is 26.9 Å². The predicted octanol–water partition coefficient (Wildman–Crippen LogP) is 4.19. The third-order valence-corrected chi connectivity index (χ3v) is 5.59. The Kier molecular flexibility index (Phi) is 7.01. The molecule has 0 fully saturated rings. The number of anilines is 2. The van der Waals surface area contributed by atoms with E-state index in [0.717, 1.165) is 4.31 Å². The van der Waals surface area contributed by atoms with Crippen molar-refractivity contribution in [3.05, 3.63) is 59.2 Å². The van der Waals surface area contributed by atoms with Crippen molar-refractivity contribution in [2.24, 2.45) is 0 Å². The number of nitrogens with zero attached hydrogens (tertiary/aromatic N) is 2. The fourth-order valence-electron chi connectivity index (χ4n) is 2.68. The van der Waals surface area contributed by atoms with Gasteiger partial charge in [0.2, 0.25) is 10.9 Å². The second-order valence-electron chi connectivity index (χ2n) is 5.90. The molecular weight excluding hydrogens is 431 g/mol. The number of halogens is 1. The van der Waals surface area contributed by atoms with Crippen LogP contribution >= 0.6 is 11.3 Å². The molecule has 0 aliphatic heterocycles. The standard InChI is InChI=1S/C20H19FN2O5S2/c1-3-27-17-11-14(20(24)28-4-2)7-10-16(17)23(30(25)26)18-12-29-19(22-18)13-5-8-15(21)9-6-13/h5-12,30H,3-4H2,1-2H3. The summed E-state index contributed by atoms with van der Waals surface area (Å²) in [6.07, 6.45) is 0. The van der Waals surface area contributed by atoms with Crippen molar-refractivity contribution in [1.29, 1.82) is 0 Å². The molecule has 0 radical (unpaired) electrons. The second kappa shape index (κ2) is 9.68. The molecule has 0 N–H and O–H groups in total. The first-order valence-electron chi connectivity index (χ1n) is 9.04. The third-order valence-electron chi connectivity index (χ3n) is 3.96. The van der Waals surface area contributed by atoms with Crippen molar-refractivity contribution < 1.29 is 27.1 Å². The number of esters is 1. The number of benzene rings is 2. The van der Waals surface area contributed by atoms with E-state index in [1.165, 1.54) is 41.7 Å². The average Bonchev–Trinajstić information content (AvgIpc) is 3.19. The summed E-state index contributed by atoms with van der Waals surface area (Å²) < 4.78 is 48.9. The van der Waals surface area contributed by atoms with Crippen LogP contribution in [0.15, 0.2) is 47.8 Å². The number of aromatic nitrogens is 1. The topological polar surface area (TPSA) is 85.8 Å². The van der Waals surface area contributed by atoms with Crippen LogP contribution in [0.1, 0.15) is 24.2 Å². The molecule has 30 heavy (non-hydrogen) atoms. The van der Waals surface area contributed by atoms with Crippen LogP contribution in [0.3, 0.4) is 0 Å². The van der Waals surface area contributed by atoms with Gasteiger partial charge in [0.25, 0.3) is 0 Å². The summed E-state index contributed by atoms with van der Waals surface area (Å²) in [5.74, 6) is -0.531. The maximum atomic E-state index is 13.2. The summed E-state index contributed by atoms with van der Waals surface area (Å²) in [6, 6.07) is 10.1. The first-order valence-corrected chi connectivity index (χ1v) is 11.1. The lowest BCUT2D eigenvalue weighted by Gasteiger charge is -2.19. The molecule has 0 bridgehead atoms. The Morgan fingerprint density at radius 2 is 1.87 bits per heavy atom. The quantitative estimate of drug-likeness (QED) is 0.409. The Hall–Kier alpha value is -2.98. The lowest BCUT2D eigenvalue weighted by Crippen LogP contribution is -2.17. The van der Waals surface area contributed by atoms with Gasteiger partial charge in [-0.1, -0.05) is 0 Å². The number of rotatable bonds is 8. The summed E-state index contributed by atoms with van der Waals surface area (Å²) in [5, 5.41) is 2.12. The van der Waals surface area contributed by atoms with E-state index in [0.29, 0.717) is 10.6 Å². The van der Waals surface area contributed by atoms with Gasteiger partial charge in [-0.05, 0) is 56.3 Å². The molecule has 10 heteroatoms. The lowest BCUT2D eigenvalue weighted by atomic mass is 10.2. The van der Waals surface area contributed by atoms with Crippen LogP contribution in [0, 0.1) is 5.82 Å². The monoisotopic (exact) mass is 450 g/mol. The van der Waals surface area contributed by atoms with Gasteiger partial charge in [0.1, 0.15) is 22.3 Å². The second-order valence-corrected chi connectivity index (χ2v) is 7.64. The molecule has 0 unspecified atom stereocenters. The molecule has 7 nitrogen and oxygen atoms in total. The number of thiol groups is 1. The summed E-state index contributed by atoms with van der Waals surface area (Å²) >= 11 is 1.23. The first-order chi connectivity index (χ1) is 14.4. The molecule has 3 aromatic rings. The van der Waals surface area contributed by atoms with Crippen molar-refractivity contribution in [1.82, 2.24) is 4.98 Å². The average molecular weight is 451 g/mol. The Balaban J connectivity index is 2.02. The van der Waals surface area contributed by atoms with E-state index >= 15 is 0 Å². The fourth-order valence-corrected chi connectivity index (χ4v) is 4.17. The van der Waals surface area contributed by atoms with Crippen LogP contribution in [0.5, 0.6) is 5.75 Å². The largest absolute Gasteiger partial charge is 0.492 e. The van der Waals surface area contributed by atoms with Gasteiger partial charge in [-0.3, -0.25) is 0 Å². The van der Waals surface area contributed by atoms with Crippen molar-refractivity contribution in [2.75, 3.05) is 17.5 Å². The summed E-state index contributed by atoms with van der Waals surface area (Å²) in [4.78, 5) is 16.4. The van der Waals surface area contributed by atoms with Gasteiger partial charge in [-0.15, -0.1) is 11.3 Å². The zero-order valence-electron chi connectivity index (χ0n) is 16.2. The Labute approximate surface area is 178 Å². The number of carbonyl (C=O) groups is 1. The number of hydrogen-bond donors (Lipinski definition) is 1. The van der Waals surface area contributed by atoms with E-state index in [1.807, 2.05) is 0 Å². The van der Waals surface area contributed by atoms with E-state index in [1.54, 1.807) is 31.4 Å². The first kappa shape index (κ1) is 21.7.